The van der Waals surface area contributed by atoms with Gasteiger partial charge in [0.05, 0.1) is 16.6 Å². The smallest absolute Gasteiger partial charge is 0.405 e. The van der Waals surface area contributed by atoms with E-state index in [-0.39, 0.29) is 36.0 Å². The highest BCUT2D eigenvalue weighted by atomic mass is 32.2. The van der Waals surface area contributed by atoms with E-state index in [0.29, 0.717) is 6.54 Å². The number of halogens is 3. The zero-order valence-electron chi connectivity index (χ0n) is 12.8. The maximum Gasteiger partial charge on any atom is 0.573 e. The SMILES string of the molecule is O=S1(=O)CCNCC1Cc1nc(-c2ccccc2OC(F)(F)F)no1. The van der Waals surface area contributed by atoms with Gasteiger partial charge in [0.2, 0.25) is 11.7 Å². The quantitative estimate of drug-likeness (QED) is 0.864. The monoisotopic (exact) mass is 377 g/mol. The van der Waals surface area contributed by atoms with Crippen LogP contribution in [0.15, 0.2) is 28.8 Å². The molecule has 136 valence electrons. The van der Waals surface area contributed by atoms with Gasteiger partial charge in [-0.05, 0) is 12.1 Å². The maximum atomic E-state index is 12.5. The predicted octanol–water partition coefficient (Wildman–Crippen LogP) is 1.56. The third-order valence-corrected chi connectivity index (χ3v) is 5.79. The molecule has 0 spiro atoms. The molecular weight excluding hydrogens is 363 g/mol. The van der Waals surface area contributed by atoms with E-state index < -0.39 is 27.2 Å². The van der Waals surface area contributed by atoms with Crippen molar-refractivity contribution in [3.8, 4) is 17.1 Å². The van der Waals surface area contributed by atoms with Gasteiger partial charge in [0.25, 0.3) is 0 Å². The van der Waals surface area contributed by atoms with Crippen LogP contribution in [0.2, 0.25) is 0 Å². The van der Waals surface area contributed by atoms with E-state index >= 15 is 0 Å². The maximum absolute atomic E-state index is 12.5. The number of nitrogens with zero attached hydrogens (tertiary/aromatic N) is 2. The second-order valence-corrected chi connectivity index (χ2v) is 7.85. The fraction of sp³-hybridized carbons (Fsp3) is 0.429. The van der Waals surface area contributed by atoms with Gasteiger partial charge in [-0.1, -0.05) is 17.3 Å². The average Bonchev–Trinajstić information content (AvgIpc) is 2.97. The van der Waals surface area contributed by atoms with Crippen LogP contribution in [-0.2, 0) is 16.3 Å². The van der Waals surface area contributed by atoms with Crippen LogP contribution >= 0.6 is 0 Å². The highest BCUT2D eigenvalue weighted by molar-refractivity contribution is 7.92. The van der Waals surface area contributed by atoms with E-state index in [4.69, 9.17) is 4.52 Å². The lowest BCUT2D eigenvalue weighted by Gasteiger charge is -2.21. The first-order valence-corrected chi connectivity index (χ1v) is 9.06. The molecule has 1 saturated heterocycles. The number of benzene rings is 1. The fourth-order valence-electron chi connectivity index (χ4n) is 2.48. The summed E-state index contributed by atoms with van der Waals surface area (Å²) in [5.74, 6) is -0.514. The summed E-state index contributed by atoms with van der Waals surface area (Å²) in [6, 6.07) is 5.37. The van der Waals surface area contributed by atoms with Crippen LogP contribution in [0.25, 0.3) is 11.4 Å². The van der Waals surface area contributed by atoms with E-state index in [2.05, 4.69) is 20.2 Å². The zero-order chi connectivity index (χ0) is 18.1. The number of nitrogens with one attached hydrogen (secondary N) is 1. The molecule has 1 N–H and O–H groups in total. The molecule has 0 bridgehead atoms. The molecule has 1 unspecified atom stereocenters. The molecule has 7 nitrogen and oxygen atoms in total. The standard InChI is InChI=1S/C14H14F3N3O4S/c15-14(16,17)23-11-4-2-1-3-10(11)13-19-12(24-20-13)7-9-8-18-5-6-25(9,21)22/h1-4,9,18H,5-8H2. The van der Waals surface area contributed by atoms with Crippen molar-refractivity contribution in [1.82, 2.24) is 15.5 Å². The Bertz CT molecular complexity index is 851. The number of alkyl halides is 3. The van der Waals surface area contributed by atoms with Crippen molar-refractivity contribution in [2.24, 2.45) is 0 Å². The molecule has 1 aliphatic rings. The van der Waals surface area contributed by atoms with E-state index in [9.17, 15) is 21.6 Å². The predicted molar refractivity (Wildman–Crippen MR) is 80.6 cm³/mol. The molecular formula is C14H14F3N3O4S. The molecule has 0 saturated carbocycles. The van der Waals surface area contributed by atoms with Crippen LogP contribution in [-0.4, -0.2) is 49.0 Å². The van der Waals surface area contributed by atoms with Gasteiger partial charge in [0.15, 0.2) is 9.84 Å². The van der Waals surface area contributed by atoms with E-state index in [1.165, 1.54) is 18.2 Å². The Kier molecular flexibility index (Phi) is 4.69. The first kappa shape index (κ1) is 17.7. The Balaban J connectivity index is 1.83. The lowest BCUT2D eigenvalue weighted by molar-refractivity contribution is -0.274. The summed E-state index contributed by atoms with van der Waals surface area (Å²) >= 11 is 0. The molecule has 25 heavy (non-hydrogen) atoms. The summed E-state index contributed by atoms with van der Waals surface area (Å²) in [5.41, 5.74) is -0.000508. The Morgan fingerprint density at radius 2 is 2.08 bits per heavy atom. The van der Waals surface area contributed by atoms with Crippen molar-refractivity contribution in [1.29, 1.82) is 0 Å². The van der Waals surface area contributed by atoms with Crippen molar-refractivity contribution in [3.05, 3.63) is 30.2 Å². The topological polar surface area (TPSA) is 94.3 Å². The van der Waals surface area contributed by atoms with Gasteiger partial charge >= 0.3 is 6.36 Å². The van der Waals surface area contributed by atoms with Gasteiger partial charge in [0, 0.05) is 19.5 Å². The Morgan fingerprint density at radius 1 is 1.32 bits per heavy atom. The molecule has 1 aromatic carbocycles. The summed E-state index contributed by atoms with van der Waals surface area (Å²) in [6.45, 7) is 0.643. The van der Waals surface area contributed by atoms with E-state index in [1.54, 1.807) is 0 Å². The van der Waals surface area contributed by atoms with Gasteiger partial charge in [-0.3, -0.25) is 0 Å². The van der Waals surface area contributed by atoms with Crippen molar-refractivity contribution in [2.75, 3.05) is 18.8 Å². The lowest BCUT2D eigenvalue weighted by Crippen LogP contribution is -2.45. The second kappa shape index (κ2) is 6.64. The van der Waals surface area contributed by atoms with Gasteiger partial charge in [0.1, 0.15) is 5.75 Å². The number of aromatic nitrogens is 2. The third-order valence-electron chi connectivity index (χ3n) is 3.67. The summed E-state index contributed by atoms with van der Waals surface area (Å²) in [4.78, 5) is 4.01. The van der Waals surface area contributed by atoms with Crippen LogP contribution < -0.4 is 10.1 Å². The number of rotatable bonds is 4. The largest absolute Gasteiger partial charge is 0.573 e. The van der Waals surface area contributed by atoms with Gasteiger partial charge < -0.3 is 14.6 Å². The van der Waals surface area contributed by atoms with Crippen molar-refractivity contribution < 1.29 is 30.8 Å². The number of hydrogen-bond donors (Lipinski definition) is 1. The van der Waals surface area contributed by atoms with Crippen molar-refractivity contribution >= 4 is 9.84 Å². The highest BCUT2D eigenvalue weighted by Gasteiger charge is 2.33. The van der Waals surface area contributed by atoms with Gasteiger partial charge in [-0.25, -0.2) is 8.42 Å². The zero-order valence-corrected chi connectivity index (χ0v) is 13.6. The molecule has 2 aromatic rings. The lowest BCUT2D eigenvalue weighted by atomic mass is 10.2. The molecule has 0 amide bonds. The second-order valence-electron chi connectivity index (χ2n) is 5.45. The number of hydrogen-bond acceptors (Lipinski definition) is 7. The van der Waals surface area contributed by atoms with Crippen molar-refractivity contribution in [2.45, 2.75) is 18.0 Å². The first-order valence-electron chi connectivity index (χ1n) is 7.34. The summed E-state index contributed by atoms with van der Waals surface area (Å²) in [7, 11) is -3.27. The minimum absolute atomic E-state index is 0.000508. The minimum Gasteiger partial charge on any atom is -0.405 e. The summed E-state index contributed by atoms with van der Waals surface area (Å²) in [6.07, 6.45) is -4.87. The van der Waals surface area contributed by atoms with Crippen LogP contribution in [0.1, 0.15) is 5.89 Å². The number of ether oxygens (including phenoxy) is 1. The van der Waals surface area contributed by atoms with E-state index in [0.717, 1.165) is 6.07 Å². The van der Waals surface area contributed by atoms with Crippen LogP contribution in [0.5, 0.6) is 5.75 Å². The number of sulfone groups is 1. The average molecular weight is 377 g/mol. The fourth-order valence-corrected chi connectivity index (χ4v) is 4.01. The Morgan fingerprint density at radius 3 is 2.80 bits per heavy atom. The molecule has 1 aliphatic heterocycles. The van der Waals surface area contributed by atoms with E-state index in [1.807, 2.05) is 0 Å². The molecule has 11 heteroatoms. The molecule has 3 rings (SSSR count). The normalized spacial score (nSPS) is 20.4. The summed E-state index contributed by atoms with van der Waals surface area (Å²) in [5, 5.41) is 5.90. The number of para-hydroxylation sites is 1. The first-order chi connectivity index (χ1) is 11.7. The molecule has 1 aromatic heterocycles. The van der Waals surface area contributed by atoms with Crippen LogP contribution in [0.3, 0.4) is 0 Å². The van der Waals surface area contributed by atoms with Gasteiger partial charge in [-0.15, -0.1) is 13.2 Å². The molecule has 1 fully saturated rings. The van der Waals surface area contributed by atoms with Crippen molar-refractivity contribution in [3.63, 3.8) is 0 Å². The Labute approximate surface area is 141 Å². The summed E-state index contributed by atoms with van der Waals surface area (Å²) < 4.78 is 70.4. The molecule has 1 atom stereocenters. The van der Waals surface area contributed by atoms with Crippen LogP contribution in [0.4, 0.5) is 13.2 Å². The Hall–Kier alpha value is -2.14. The molecule has 0 radical (unpaired) electrons. The third kappa shape index (κ3) is 4.28. The highest BCUT2D eigenvalue weighted by Crippen LogP contribution is 2.32. The van der Waals surface area contributed by atoms with Crippen LogP contribution in [0, 0.1) is 0 Å². The molecule has 0 aliphatic carbocycles. The minimum atomic E-state index is -4.86. The van der Waals surface area contributed by atoms with Gasteiger partial charge in [-0.2, -0.15) is 4.98 Å². The molecule has 2 heterocycles.